The molecule has 0 fully saturated rings. The molecule has 2 aromatic carbocycles. The lowest BCUT2D eigenvalue weighted by Gasteiger charge is -2.11. The smallest absolute Gasteiger partial charge is 0.416 e. The first-order valence-electron chi connectivity index (χ1n) is 7.45. The van der Waals surface area contributed by atoms with E-state index < -0.39 is 17.7 Å². The van der Waals surface area contributed by atoms with Gasteiger partial charge in [-0.3, -0.25) is 0 Å². The van der Waals surface area contributed by atoms with Gasteiger partial charge in [0.25, 0.3) is 0 Å². The summed E-state index contributed by atoms with van der Waals surface area (Å²) < 4.78 is 45.4. The number of halogens is 3. The highest BCUT2D eigenvalue weighted by Gasteiger charge is 2.31. The molecule has 0 aliphatic rings. The highest BCUT2D eigenvalue weighted by molar-refractivity contribution is 5.87. The van der Waals surface area contributed by atoms with Crippen LogP contribution in [0.3, 0.4) is 0 Å². The van der Waals surface area contributed by atoms with Crippen LogP contribution in [-0.2, 0) is 6.18 Å². The quantitative estimate of drug-likeness (QED) is 0.753. The van der Waals surface area contributed by atoms with Crippen molar-refractivity contribution in [1.29, 1.82) is 0 Å². The van der Waals surface area contributed by atoms with Crippen LogP contribution in [0.15, 0.2) is 54.6 Å². The van der Waals surface area contributed by atoms with Gasteiger partial charge in [0.2, 0.25) is 0 Å². The number of carboxylic acids is 1. The number of alkyl halides is 3. The van der Waals surface area contributed by atoms with Crippen LogP contribution >= 0.6 is 0 Å². The number of methoxy groups -OCH3 is 1. The summed E-state index contributed by atoms with van der Waals surface area (Å²) in [6, 6.07) is 12.5. The van der Waals surface area contributed by atoms with E-state index in [2.05, 4.69) is 5.10 Å². The molecule has 3 aromatic rings. The fourth-order valence-electron chi connectivity index (χ4n) is 2.49. The molecule has 0 bridgehead atoms. The molecule has 3 rings (SSSR count). The van der Waals surface area contributed by atoms with Gasteiger partial charge < -0.3 is 9.84 Å². The molecule has 8 heteroatoms. The summed E-state index contributed by atoms with van der Waals surface area (Å²) in [7, 11) is 1.47. The van der Waals surface area contributed by atoms with Gasteiger partial charge in [0.05, 0.1) is 24.1 Å². The van der Waals surface area contributed by atoms with Crippen LogP contribution in [0.25, 0.3) is 16.9 Å². The Balaban J connectivity index is 2.19. The van der Waals surface area contributed by atoms with E-state index in [1.807, 2.05) is 0 Å². The van der Waals surface area contributed by atoms with Crippen molar-refractivity contribution in [3.8, 4) is 22.7 Å². The van der Waals surface area contributed by atoms with Crippen molar-refractivity contribution >= 4 is 5.97 Å². The first-order valence-corrected chi connectivity index (χ1v) is 7.45. The molecular weight excluding hydrogens is 349 g/mol. The van der Waals surface area contributed by atoms with E-state index in [1.54, 1.807) is 24.3 Å². The largest absolute Gasteiger partial charge is 0.497 e. The minimum Gasteiger partial charge on any atom is -0.497 e. The maximum absolute atomic E-state index is 13.0. The number of benzene rings is 2. The van der Waals surface area contributed by atoms with Crippen molar-refractivity contribution in [1.82, 2.24) is 9.78 Å². The number of aromatic carboxylic acids is 1. The lowest BCUT2D eigenvalue weighted by molar-refractivity contribution is -0.137. The van der Waals surface area contributed by atoms with Gasteiger partial charge in [0.1, 0.15) is 5.75 Å². The lowest BCUT2D eigenvalue weighted by atomic mass is 10.1. The third-order valence-electron chi connectivity index (χ3n) is 3.71. The van der Waals surface area contributed by atoms with Gasteiger partial charge >= 0.3 is 12.1 Å². The normalized spacial score (nSPS) is 11.4. The van der Waals surface area contributed by atoms with Crippen molar-refractivity contribution in [3.63, 3.8) is 0 Å². The molecule has 1 N–H and O–H groups in total. The highest BCUT2D eigenvalue weighted by Crippen LogP contribution is 2.33. The monoisotopic (exact) mass is 362 g/mol. The third-order valence-corrected chi connectivity index (χ3v) is 3.71. The Hall–Kier alpha value is -3.29. The molecule has 0 spiro atoms. The molecule has 0 saturated carbocycles. The standard InChI is InChI=1S/C18H13F3N2O3/c1-26-14-7-3-6-13(9-14)23-16(10-15(22-23)17(24)25)11-4-2-5-12(8-11)18(19,20)21/h2-10H,1H3,(H,24,25). The van der Waals surface area contributed by atoms with Crippen molar-refractivity contribution in [2.45, 2.75) is 6.18 Å². The number of hydrogen-bond acceptors (Lipinski definition) is 3. The molecule has 0 radical (unpaired) electrons. The van der Waals surface area contributed by atoms with Crippen molar-refractivity contribution < 1.29 is 27.8 Å². The zero-order chi connectivity index (χ0) is 18.9. The van der Waals surface area contributed by atoms with E-state index in [4.69, 9.17) is 4.74 Å². The zero-order valence-electron chi connectivity index (χ0n) is 13.5. The number of ether oxygens (including phenoxy) is 1. The highest BCUT2D eigenvalue weighted by atomic mass is 19.4. The van der Waals surface area contributed by atoms with Gasteiger partial charge in [-0.2, -0.15) is 18.3 Å². The topological polar surface area (TPSA) is 64.4 Å². The van der Waals surface area contributed by atoms with Crippen molar-refractivity contribution in [2.24, 2.45) is 0 Å². The minimum atomic E-state index is -4.51. The Morgan fingerprint density at radius 1 is 1.12 bits per heavy atom. The van der Waals surface area contributed by atoms with E-state index in [-0.39, 0.29) is 17.0 Å². The van der Waals surface area contributed by atoms with Gasteiger partial charge in [0, 0.05) is 11.6 Å². The Morgan fingerprint density at radius 2 is 1.85 bits per heavy atom. The molecule has 26 heavy (non-hydrogen) atoms. The van der Waals surface area contributed by atoms with E-state index in [0.717, 1.165) is 12.1 Å². The molecule has 0 saturated heterocycles. The molecule has 0 aliphatic heterocycles. The maximum atomic E-state index is 13.0. The van der Waals surface area contributed by atoms with Crippen LogP contribution in [0, 0.1) is 0 Å². The van der Waals surface area contributed by atoms with Crippen molar-refractivity contribution in [2.75, 3.05) is 7.11 Å². The second-order valence-electron chi connectivity index (χ2n) is 5.41. The first-order chi connectivity index (χ1) is 12.3. The van der Waals surface area contributed by atoms with Crippen LogP contribution in [0.5, 0.6) is 5.75 Å². The van der Waals surface area contributed by atoms with Crippen LogP contribution in [0.4, 0.5) is 13.2 Å². The van der Waals surface area contributed by atoms with Gasteiger partial charge in [-0.1, -0.05) is 18.2 Å². The SMILES string of the molecule is COc1cccc(-n2nc(C(=O)O)cc2-c2cccc(C(F)(F)F)c2)c1. The zero-order valence-corrected chi connectivity index (χ0v) is 13.5. The van der Waals surface area contributed by atoms with E-state index >= 15 is 0 Å². The average Bonchev–Trinajstić information content (AvgIpc) is 3.07. The van der Waals surface area contributed by atoms with Gasteiger partial charge in [-0.05, 0) is 30.3 Å². The van der Waals surface area contributed by atoms with Crippen LogP contribution in [0.2, 0.25) is 0 Å². The van der Waals surface area contributed by atoms with Gasteiger partial charge in [-0.15, -0.1) is 0 Å². The Morgan fingerprint density at radius 3 is 2.50 bits per heavy atom. The second-order valence-corrected chi connectivity index (χ2v) is 5.41. The number of rotatable bonds is 4. The summed E-state index contributed by atoms with van der Waals surface area (Å²) in [6.07, 6.45) is -4.51. The van der Waals surface area contributed by atoms with Gasteiger partial charge in [0.15, 0.2) is 5.69 Å². The predicted molar refractivity (Wildman–Crippen MR) is 87.5 cm³/mol. The van der Waals surface area contributed by atoms with Crippen molar-refractivity contribution in [3.05, 3.63) is 65.9 Å². The molecule has 5 nitrogen and oxygen atoms in total. The Bertz CT molecular complexity index is 964. The first kappa shape index (κ1) is 17.5. The lowest BCUT2D eigenvalue weighted by Crippen LogP contribution is -2.05. The molecule has 0 aliphatic carbocycles. The minimum absolute atomic E-state index is 0.197. The summed E-state index contributed by atoms with van der Waals surface area (Å²) in [4.78, 5) is 11.3. The molecule has 0 unspecified atom stereocenters. The van der Waals surface area contributed by atoms with Crippen LogP contribution < -0.4 is 4.74 Å². The molecule has 1 aromatic heterocycles. The summed E-state index contributed by atoms with van der Waals surface area (Å²) in [5, 5.41) is 13.2. The summed E-state index contributed by atoms with van der Waals surface area (Å²) in [6.45, 7) is 0. The molecule has 1 heterocycles. The fraction of sp³-hybridized carbons (Fsp3) is 0.111. The molecule has 134 valence electrons. The third kappa shape index (κ3) is 3.39. The van der Waals surface area contributed by atoms with E-state index in [0.29, 0.717) is 11.4 Å². The summed E-state index contributed by atoms with van der Waals surface area (Å²) in [5.74, 6) is -0.773. The Labute approximate surface area is 146 Å². The predicted octanol–water partition coefficient (Wildman–Crippen LogP) is 4.26. The summed E-state index contributed by atoms with van der Waals surface area (Å²) in [5.41, 5.74) is -0.223. The van der Waals surface area contributed by atoms with E-state index in [1.165, 1.54) is 30.0 Å². The second kappa shape index (κ2) is 6.55. The molecular formula is C18H13F3N2O3. The average molecular weight is 362 g/mol. The number of carbonyl (C=O) groups is 1. The number of nitrogens with zero attached hydrogens (tertiary/aromatic N) is 2. The number of hydrogen-bond donors (Lipinski definition) is 1. The summed E-state index contributed by atoms with van der Waals surface area (Å²) >= 11 is 0. The Kier molecular flexibility index (Phi) is 4.41. The van der Waals surface area contributed by atoms with Crippen LogP contribution in [0.1, 0.15) is 16.1 Å². The van der Waals surface area contributed by atoms with E-state index in [9.17, 15) is 23.1 Å². The van der Waals surface area contributed by atoms with Crippen LogP contribution in [-0.4, -0.2) is 28.0 Å². The fourth-order valence-corrected chi connectivity index (χ4v) is 2.49. The molecule has 0 atom stereocenters. The molecule has 0 amide bonds. The number of carboxylic acid groups (broad SMARTS) is 1. The van der Waals surface area contributed by atoms with Gasteiger partial charge in [-0.25, -0.2) is 9.48 Å². The number of aromatic nitrogens is 2. The maximum Gasteiger partial charge on any atom is 0.416 e.